The number of hydrogen-bond donors (Lipinski definition) is 0. The lowest BCUT2D eigenvalue weighted by Gasteiger charge is -2.17. The monoisotopic (exact) mass is 257 g/mol. The van der Waals surface area contributed by atoms with Crippen LogP contribution >= 0.6 is 0 Å². The molecule has 2 aromatic rings. The van der Waals surface area contributed by atoms with Gasteiger partial charge in [0.15, 0.2) is 0 Å². The zero-order chi connectivity index (χ0) is 14.0. The second-order valence-electron chi connectivity index (χ2n) is 4.70. The van der Waals surface area contributed by atoms with Crippen LogP contribution in [0.2, 0.25) is 0 Å². The second kappa shape index (κ2) is 4.65. The molecule has 1 aromatic carbocycles. The summed E-state index contributed by atoms with van der Waals surface area (Å²) < 4.78 is 15.1. The number of carbonyl (C=O) groups is 1. The van der Waals surface area contributed by atoms with E-state index >= 15 is 0 Å². The average molecular weight is 257 g/mol. The fraction of sp³-hybridized carbons (Fsp3) is 0.214. The van der Waals surface area contributed by atoms with Gasteiger partial charge in [0, 0.05) is 11.8 Å². The summed E-state index contributed by atoms with van der Waals surface area (Å²) in [5.74, 6) is -0.451. The highest BCUT2D eigenvalue weighted by molar-refractivity contribution is 5.67. The zero-order valence-corrected chi connectivity index (χ0v) is 10.6. The van der Waals surface area contributed by atoms with Crippen molar-refractivity contribution in [1.29, 1.82) is 5.26 Å². The predicted molar refractivity (Wildman–Crippen MR) is 67.7 cm³/mol. The highest BCUT2D eigenvalue weighted by atomic mass is 19.1. The van der Waals surface area contributed by atoms with Crippen LogP contribution in [0.4, 0.5) is 4.39 Å². The van der Waals surface area contributed by atoms with E-state index < -0.39 is 11.4 Å². The number of nitriles is 1. The van der Waals surface area contributed by atoms with Gasteiger partial charge in [0.1, 0.15) is 29.4 Å². The molecule has 0 aliphatic carbocycles. The van der Waals surface area contributed by atoms with Gasteiger partial charge >= 0.3 is 0 Å². The molecule has 0 aliphatic heterocycles. The van der Waals surface area contributed by atoms with Gasteiger partial charge in [-0.3, -0.25) is 4.68 Å². The number of aldehydes is 1. The molecule has 0 radical (unpaired) electrons. The summed E-state index contributed by atoms with van der Waals surface area (Å²) in [5, 5.41) is 13.3. The Bertz CT molecular complexity index is 668. The maximum atomic E-state index is 13.8. The van der Waals surface area contributed by atoms with E-state index in [1.165, 1.54) is 16.9 Å². The summed E-state index contributed by atoms with van der Waals surface area (Å²) in [6.45, 7) is 3.33. The molecule has 96 valence electrons. The van der Waals surface area contributed by atoms with E-state index in [2.05, 4.69) is 5.10 Å². The molecule has 0 fully saturated rings. The van der Waals surface area contributed by atoms with Crippen LogP contribution < -0.4 is 0 Å². The van der Waals surface area contributed by atoms with Crippen LogP contribution in [0.3, 0.4) is 0 Å². The van der Waals surface area contributed by atoms with Gasteiger partial charge < -0.3 is 4.79 Å². The minimum atomic E-state index is -0.880. The van der Waals surface area contributed by atoms with Crippen LogP contribution in [0.15, 0.2) is 30.5 Å². The largest absolute Gasteiger partial charge is 0.301 e. The van der Waals surface area contributed by atoms with Crippen LogP contribution in [0, 0.1) is 17.1 Å². The maximum absolute atomic E-state index is 13.8. The van der Waals surface area contributed by atoms with Gasteiger partial charge in [-0.05, 0) is 26.0 Å². The van der Waals surface area contributed by atoms with E-state index in [0.29, 0.717) is 0 Å². The smallest absolute Gasteiger partial charge is 0.147 e. The molecule has 0 bridgehead atoms. The number of benzene rings is 1. The van der Waals surface area contributed by atoms with Gasteiger partial charge in [-0.15, -0.1) is 0 Å². The minimum absolute atomic E-state index is 0.236. The molecule has 1 heterocycles. The highest BCUT2D eigenvalue weighted by Crippen LogP contribution is 2.26. The van der Waals surface area contributed by atoms with Crippen molar-refractivity contribution in [1.82, 2.24) is 9.78 Å². The van der Waals surface area contributed by atoms with E-state index in [9.17, 15) is 9.18 Å². The molecule has 0 spiro atoms. The van der Waals surface area contributed by atoms with Crippen molar-refractivity contribution in [2.24, 2.45) is 0 Å². The fourth-order valence-electron chi connectivity index (χ4n) is 1.66. The first-order chi connectivity index (χ1) is 8.99. The fourth-order valence-corrected chi connectivity index (χ4v) is 1.66. The van der Waals surface area contributed by atoms with Gasteiger partial charge in [0.25, 0.3) is 0 Å². The normalized spacial score (nSPS) is 11.1. The molecule has 19 heavy (non-hydrogen) atoms. The standard InChI is InChI=1S/C14H12FN3O/c1-14(2,9-19)18-8-10(7-16)13(17-18)11-5-3-4-6-12(11)15/h3-6,8-9H,1-2H3. The molecule has 0 saturated heterocycles. The topological polar surface area (TPSA) is 58.7 Å². The predicted octanol–water partition coefficient (Wildman–Crippen LogP) is 2.49. The van der Waals surface area contributed by atoms with Crippen LogP contribution in [0.25, 0.3) is 11.3 Å². The van der Waals surface area contributed by atoms with Crippen molar-refractivity contribution in [3.8, 4) is 17.3 Å². The molecule has 0 atom stereocenters. The van der Waals surface area contributed by atoms with Gasteiger partial charge in [0.05, 0.1) is 5.56 Å². The number of carbonyl (C=O) groups excluding carboxylic acids is 1. The number of rotatable bonds is 3. The third-order valence-corrected chi connectivity index (χ3v) is 2.84. The molecular weight excluding hydrogens is 245 g/mol. The van der Waals surface area contributed by atoms with Crippen molar-refractivity contribution >= 4 is 6.29 Å². The third-order valence-electron chi connectivity index (χ3n) is 2.84. The summed E-state index contributed by atoms with van der Waals surface area (Å²) in [7, 11) is 0. The molecule has 0 saturated carbocycles. The summed E-state index contributed by atoms with van der Waals surface area (Å²) >= 11 is 0. The summed E-state index contributed by atoms with van der Waals surface area (Å²) in [6.07, 6.45) is 2.18. The van der Waals surface area contributed by atoms with Crippen molar-refractivity contribution in [2.45, 2.75) is 19.4 Å². The zero-order valence-electron chi connectivity index (χ0n) is 10.6. The Morgan fingerprint density at radius 1 is 1.42 bits per heavy atom. The molecule has 5 heteroatoms. The SMILES string of the molecule is CC(C)(C=O)n1cc(C#N)c(-c2ccccc2F)n1. The Hall–Kier alpha value is -2.48. The third kappa shape index (κ3) is 2.25. The molecule has 2 rings (SSSR count). The number of halogens is 1. The number of nitrogens with zero attached hydrogens (tertiary/aromatic N) is 3. The Balaban J connectivity index is 2.63. The maximum Gasteiger partial charge on any atom is 0.147 e. The lowest BCUT2D eigenvalue weighted by Crippen LogP contribution is -2.28. The molecule has 0 N–H and O–H groups in total. The first-order valence-electron chi connectivity index (χ1n) is 5.71. The van der Waals surface area contributed by atoms with E-state index in [1.54, 1.807) is 32.0 Å². The quantitative estimate of drug-likeness (QED) is 0.794. The summed E-state index contributed by atoms with van der Waals surface area (Å²) in [5.41, 5.74) is -0.148. The van der Waals surface area contributed by atoms with Crippen LogP contribution in [-0.2, 0) is 10.3 Å². The Kier molecular flexibility index (Phi) is 3.17. The highest BCUT2D eigenvalue weighted by Gasteiger charge is 2.23. The van der Waals surface area contributed by atoms with E-state index in [4.69, 9.17) is 5.26 Å². The van der Waals surface area contributed by atoms with E-state index in [1.807, 2.05) is 6.07 Å². The summed E-state index contributed by atoms with van der Waals surface area (Å²) in [6, 6.07) is 8.07. The number of aromatic nitrogens is 2. The lowest BCUT2D eigenvalue weighted by atomic mass is 10.1. The number of hydrogen-bond acceptors (Lipinski definition) is 3. The Morgan fingerprint density at radius 2 is 2.11 bits per heavy atom. The van der Waals surface area contributed by atoms with Gasteiger partial charge in [-0.25, -0.2) is 4.39 Å². The van der Waals surface area contributed by atoms with E-state index in [-0.39, 0.29) is 16.8 Å². The van der Waals surface area contributed by atoms with Crippen LogP contribution in [0.5, 0.6) is 0 Å². The lowest BCUT2D eigenvalue weighted by molar-refractivity contribution is -0.114. The van der Waals surface area contributed by atoms with Crippen LogP contribution in [-0.4, -0.2) is 16.1 Å². The van der Waals surface area contributed by atoms with Gasteiger partial charge in [-0.1, -0.05) is 12.1 Å². The first-order valence-corrected chi connectivity index (χ1v) is 5.71. The molecule has 4 nitrogen and oxygen atoms in total. The molecule has 1 aromatic heterocycles. The summed E-state index contributed by atoms with van der Waals surface area (Å²) in [4.78, 5) is 11.0. The van der Waals surface area contributed by atoms with Crippen molar-refractivity contribution in [2.75, 3.05) is 0 Å². The second-order valence-corrected chi connectivity index (χ2v) is 4.70. The molecular formula is C14H12FN3O. The average Bonchev–Trinajstić information content (AvgIpc) is 2.84. The Labute approximate surface area is 110 Å². The van der Waals surface area contributed by atoms with E-state index in [0.717, 1.165) is 6.29 Å². The van der Waals surface area contributed by atoms with Crippen molar-refractivity contribution < 1.29 is 9.18 Å². The van der Waals surface area contributed by atoms with Gasteiger partial charge in [-0.2, -0.15) is 10.4 Å². The van der Waals surface area contributed by atoms with Gasteiger partial charge in [0.2, 0.25) is 0 Å². The molecule has 0 aliphatic rings. The van der Waals surface area contributed by atoms with Crippen molar-refractivity contribution in [3.05, 3.63) is 41.8 Å². The minimum Gasteiger partial charge on any atom is -0.301 e. The first kappa shape index (κ1) is 13.0. The Morgan fingerprint density at radius 3 is 2.68 bits per heavy atom. The molecule has 0 amide bonds. The molecule has 0 unspecified atom stereocenters. The van der Waals surface area contributed by atoms with Crippen LogP contribution in [0.1, 0.15) is 19.4 Å². The van der Waals surface area contributed by atoms with Crippen molar-refractivity contribution in [3.63, 3.8) is 0 Å².